The normalized spacial score (nSPS) is 20.5. The second kappa shape index (κ2) is 6.03. The van der Waals surface area contributed by atoms with Crippen molar-refractivity contribution in [2.24, 2.45) is 0 Å². The Labute approximate surface area is 135 Å². The van der Waals surface area contributed by atoms with Crippen LogP contribution in [0.4, 0.5) is 0 Å². The standard InChI is InChI=1S/C15H28BN2O3Si/c1-14(2)15(3,4)21-16(20-14)13-8-9-17-18(13)12-19-10-11-22(5,6)7/h8-9H,5,10-12H2,1-4,6-7H3/q+1. The fraction of sp³-hybridized carbons (Fsp3) is 0.733. The monoisotopic (exact) mass is 323 g/mol. The zero-order valence-corrected chi connectivity index (χ0v) is 15.7. The lowest BCUT2D eigenvalue weighted by atomic mass is 9.85. The van der Waals surface area contributed by atoms with E-state index in [1.165, 1.54) is 0 Å². The Bertz CT molecular complexity index is 495. The molecule has 1 aliphatic rings. The molecular formula is C15H28BN2O3Si+. The third-order valence-corrected chi connectivity index (χ3v) is 5.94. The van der Waals surface area contributed by atoms with Crippen LogP contribution in [0.15, 0.2) is 12.3 Å². The molecule has 1 saturated heterocycles. The van der Waals surface area contributed by atoms with Gasteiger partial charge in [-0.2, -0.15) is 5.10 Å². The molecule has 0 radical (unpaired) electrons. The van der Waals surface area contributed by atoms with Gasteiger partial charge in [-0.3, -0.25) is 0 Å². The molecule has 0 amide bonds. The van der Waals surface area contributed by atoms with Crippen LogP contribution in [0.5, 0.6) is 0 Å². The molecule has 0 spiro atoms. The highest BCUT2D eigenvalue weighted by molar-refractivity contribution is 6.79. The fourth-order valence-corrected chi connectivity index (χ4v) is 2.81. The predicted molar refractivity (Wildman–Crippen MR) is 91.5 cm³/mol. The van der Waals surface area contributed by atoms with E-state index < -0.39 is 15.2 Å². The minimum atomic E-state index is -1.31. The van der Waals surface area contributed by atoms with Crippen LogP contribution >= 0.6 is 0 Å². The number of hydrogen-bond acceptors (Lipinski definition) is 4. The van der Waals surface area contributed by atoms with Crippen LogP contribution in [0.3, 0.4) is 0 Å². The van der Waals surface area contributed by atoms with Gasteiger partial charge in [-0.15, -0.1) is 0 Å². The number of nitrogens with zero attached hydrogens (tertiary/aromatic N) is 2. The van der Waals surface area contributed by atoms with E-state index in [0.717, 1.165) is 11.6 Å². The average molecular weight is 323 g/mol. The van der Waals surface area contributed by atoms with Gasteiger partial charge in [0, 0.05) is 18.8 Å². The first-order chi connectivity index (χ1) is 10.0. The average Bonchev–Trinajstić information content (AvgIpc) is 2.87. The largest absolute Gasteiger partial charge is 0.514 e. The lowest BCUT2D eigenvalue weighted by molar-refractivity contribution is 0.00578. The van der Waals surface area contributed by atoms with E-state index in [9.17, 15) is 0 Å². The Hall–Kier alpha value is -0.758. The van der Waals surface area contributed by atoms with Crippen molar-refractivity contribution in [3.63, 3.8) is 0 Å². The van der Waals surface area contributed by atoms with E-state index in [1.807, 2.05) is 33.8 Å². The van der Waals surface area contributed by atoms with Crippen molar-refractivity contribution in [1.82, 2.24) is 9.78 Å². The molecule has 1 aromatic rings. The molecule has 1 aromatic heterocycles. The SMILES string of the molecule is [CH2+][Si](C)(C)CCOCn1nccc1B1OC(C)(C)C(C)(C)O1. The minimum Gasteiger partial charge on any atom is -0.398 e. The Balaban J connectivity index is 1.96. The van der Waals surface area contributed by atoms with Gasteiger partial charge in [0.1, 0.15) is 6.73 Å². The molecule has 2 heterocycles. The second-order valence-electron chi connectivity index (χ2n) is 7.80. The van der Waals surface area contributed by atoms with Crippen molar-refractivity contribution in [2.75, 3.05) is 6.61 Å². The van der Waals surface area contributed by atoms with Gasteiger partial charge in [0.25, 0.3) is 8.07 Å². The molecule has 0 atom stereocenters. The highest BCUT2D eigenvalue weighted by atomic mass is 28.3. The maximum Gasteiger partial charge on any atom is 0.514 e. The molecule has 0 N–H and O–H groups in total. The Morgan fingerprint density at radius 2 is 1.86 bits per heavy atom. The molecular weight excluding hydrogens is 295 g/mol. The van der Waals surface area contributed by atoms with E-state index in [0.29, 0.717) is 13.3 Å². The smallest absolute Gasteiger partial charge is 0.398 e. The Kier molecular flexibility index (Phi) is 4.83. The number of rotatable bonds is 6. The second-order valence-corrected chi connectivity index (χ2v) is 12.6. The first-order valence-electron chi connectivity index (χ1n) is 7.82. The van der Waals surface area contributed by atoms with Crippen molar-refractivity contribution in [3.8, 4) is 0 Å². The topological polar surface area (TPSA) is 45.5 Å². The van der Waals surface area contributed by atoms with Gasteiger partial charge in [-0.25, -0.2) is 4.68 Å². The van der Waals surface area contributed by atoms with Gasteiger partial charge in [-0.1, -0.05) is 0 Å². The van der Waals surface area contributed by atoms with Crippen LogP contribution in [0.1, 0.15) is 27.7 Å². The molecule has 0 saturated carbocycles. The summed E-state index contributed by atoms with van der Waals surface area (Å²) in [5.74, 6) is 0. The van der Waals surface area contributed by atoms with Gasteiger partial charge in [0.2, 0.25) is 0 Å². The zero-order chi connectivity index (χ0) is 16.6. The molecule has 0 aliphatic carbocycles. The van der Waals surface area contributed by atoms with Crippen molar-refractivity contribution >= 4 is 20.8 Å². The lowest BCUT2D eigenvalue weighted by Crippen LogP contribution is -2.41. The molecule has 5 nitrogen and oxygen atoms in total. The molecule has 122 valence electrons. The van der Waals surface area contributed by atoms with Gasteiger partial charge >= 0.3 is 7.12 Å². The van der Waals surface area contributed by atoms with Crippen LogP contribution in [0, 0.1) is 6.55 Å². The first kappa shape index (κ1) is 17.6. The van der Waals surface area contributed by atoms with E-state index in [4.69, 9.17) is 14.0 Å². The maximum absolute atomic E-state index is 6.07. The van der Waals surface area contributed by atoms with Crippen LogP contribution < -0.4 is 5.59 Å². The number of aromatic nitrogens is 2. The summed E-state index contributed by atoms with van der Waals surface area (Å²) in [5.41, 5.74) is 0.193. The number of ether oxygens (including phenoxy) is 1. The van der Waals surface area contributed by atoms with Crippen molar-refractivity contribution < 1.29 is 14.0 Å². The van der Waals surface area contributed by atoms with Crippen molar-refractivity contribution in [3.05, 3.63) is 18.8 Å². The third-order valence-electron chi connectivity index (χ3n) is 4.38. The summed E-state index contributed by atoms with van der Waals surface area (Å²) in [7, 11) is -1.72. The summed E-state index contributed by atoms with van der Waals surface area (Å²) in [6.07, 6.45) is 1.75. The van der Waals surface area contributed by atoms with Gasteiger partial charge < -0.3 is 14.0 Å². The van der Waals surface area contributed by atoms with Crippen LogP contribution in [-0.4, -0.2) is 42.8 Å². The highest BCUT2D eigenvalue weighted by Gasteiger charge is 2.52. The number of hydrogen-bond donors (Lipinski definition) is 0. The molecule has 22 heavy (non-hydrogen) atoms. The zero-order valence-electron chi connectivity index (χ0n) is 14.7. The van der Waals surface area contributed by atoms with E-state index in [-0.39, 0.29) is 11.2 Å². The van der Waals surface area contributed by atoms with Crippen molar-refractivity contribution in [2.45, 2.75) is 64.8 Å². The maximum atomic E-state index is 6.07. The first-order valence-corrected chi connectivity index (χ1v) is 11.2. The van der Waals surface area contributed by atoms with Crippen LogP contribution in [0.25, 0.3) is 0 Å². The van der Waals surface area contributed by atoms with E-state index in [1.54, 1.807) is 10.9 Å². The third kappa shape index (κ3) is 3.95. The molecule has 1 fully saturated rings. The summed E-state index contributed by atoms with van der Waals surface area (Å²) in [6, 6.07) is 2.96. The summed E-state index contributed by atoms with van der Waals surface area (Å²) >= 11 is 0. The summed E-state index contributed by atoms with van der Waals surface area (Å²) < 4.78 is 19.7. The van der Waals surface area contributed by atoms with Gasteiger partial charge in [0.05, 0.1) is 23.4 Å². The molecule has 1 aliphatic heterocycles. The Morgan fingerprint density at radius 3 is 2.41 bits per heavy atom. The van der Waals surface area contributed by atoms with Gasteiger partial charge in [-0.05, 0) is 46.9 Å². The summed E-state index contributed by atoms with van der Waals surface area (Å²) in [4.78, 5) is 0. The van der Waals surface area contributed by atoms with Gasteiger partial charge in [0.15, 0.2) is 0 Å². The quantitative estimate of drug-likeness (QED) is 0.458. The molecule has 0 bridgehead atoms. The molecule has 7 heteroatoms. The summed E-state index contributed by atoms with van der Waals surface area (Å²) in [6.45, 7) is 18.0. The molecule has 0 unspecified atom stereocenters. The summed E-state index contributed by atoms with van der Waals surface area (Å²) in [5, 5.41) is 4.32. The van der Waals surface area contributed by atoms with Crippen LogP contribution in [-0.2, 0) is 20.8 Å². The minimum absolute atomic E-state index is 0.350. The van der Waals surface area contributed by atoms with E-state index in [2.05, 4.69) is 24.7 Å². The fourth-order valence-electron chi connectivity index (χ4n) is 2.11. The molecule has 2 rings (SSSR count). The van der Waals surface area contributed by atoms with Crippen LogP contribution in [0.2, 0.25) is 19.1 Å². The van der Waals surface area contributed by atoms with Crippen molar-refractivity contribution in [1.29, 1.82) is 0 Å². The Morgan fingerprint density at radius 1 is 1.27 bits per heavy atom. The van der Waals surface area contributed by atoms with E-state index >= 15 is 0 Å². The highest BCUT2D eigenvalue weighted by Crippen LogP contribution is 2.36. The lowest BCUT2D eigenvalue weighted by Gasteiger charge is -2.32. The molecule has 0 aromatic carbocycles. The predicted octanol–water partition coefficient (Wildman–Crippen LogP) is 2.24.